The zero-order chi connectivity index (χ0) is 26.6. The van der Waals surface area contributed by atoms with E-state index < -0.39 is 54.0 Å². The number of Topliss-reactive ketones (excluding diaryl/α,β-unsaturated/α-hetero) is 1. The first-order chi connectivity index (χ1) is 17.0. The largest absolute Gasteiger partial charge is 0.391 e. The number of hydrogen-bond donors (Lipinski definition) is 6. The van der Waals surface area contributed by atoms with Crippen LogP contribution in [0.5, 0.6) is 0 Å². The van der Waals surface area contributed by atoms with Crippen molar-refractivity contribution in [2.24, 2.45) is 17.4 Å². The van der Waals surface area contributed by atoms with Gasteiger partial charge in [-0.2, -0.15) is 0 Å². The Hall–Kier alpha value is -3.28. The molecule has 1 aromatic carbocycles. The van der Waals surface area contributed by atoms with Gasteiger partial charge in [0, 0.05) is 36.0 Å². The number of nitrogens with two attached hydrogens (primary N) is 2. The van der Waals surface area contributed by atoms with Gasteiger partial charge in [0.15, 0.2) is 5.78 Å². The fourth-order valence-corrected chi connectivity index (χ4v) is 4.67. The Kier molecular flexibility index (Phi) is 8.83. The maximum absolute atomic E-state index is 13.4. The van der Waals surface area contributed by atoms with E-state index in [9.17, 15) is 29.4 Å². The molecule has 0 radical (unpaired) electrons. The topological polar surface area (TPSA) is 192 Å². The number of H-pyrrole nitrogens is 1. The Labute approximate surface area is 209 Å². The van der Waals surface area contributed by atoms with Crippen molar-refractivity contribution >= 4 is 34.4 Å². The molecule has 1 aromatic heterocycles. The van der Waals surface area contributed by atoms with E-state index in [1.54, 1.807) is 6.20 Å². The van der Waals surface area contributed by atoms with Crippen molar-refractivity contribution in [2.45, 2.75) is 69.9 Å². The second-order valence-electron chi connectivity index (χ2n) is 9.52. The van der Waals surface area contributed by atoms with E-state index in [1.807, 2.05) is 24.3 Å². The lowest BCUT2D eigenvalue weighted by molar-refractivity contribution is -0.141. The van der Waals surface area contributed by atoms with Gasteiger partial charge in [-0.3, -0.25) is 19.2 Å². The highest BCUT2D eigenvalue weighted by Gasteiger charge is 2.39. The van der Waals surface area contributed by atoms with Gasteiger partial charge in [-0.1, -0.05) is 18.2 Å². The number of likely N-dealkylation sites (tertiary alicyclic amines) is 1. The number of primary amides is 1. The number of hydrogen-bond acceptors (Lipinski definition) is 7. The lowest BCUT2D eigenvalue weighted by atomic mass is 9.90. The van der Waals surface area contributed by atoms with E-state index in [0.29, 0.717) is 19.4 Å². The predicted molar refractivity (Wildman–Crippen MR) is 132 cm³/mol. The zero-order valence-electron chi connectivity index (χ0n) is 20.5. The number of nitrogens with one attached hydrogen (secondary N) is 2. The van der Waals surface area contributed by atoms with Gasteiger partial charge in [0.05, 0.1) is 18.2 Å². The molecule has 3 rings (SSSR count). The molecular weight excluding hydrogens is 466 g/mol. The first-order valence-corrected chi connectivity index (χ1v) is 12.1. The van der Waals surface area contributed by atoms with Crippen molar-refractivity contribution < 1.29 is 29.4 Å². The van der Waals surface area contributed by atoms with Crippen molar-refractivity contribution in [1.29, 1.82) is 0 Å². The van der Waals surface area contributed by atoms with Gasteiger partial charge in [-0.25, -0.2) is 0 Å². The smallest absolute Gasteiger partial charge is 0.242 e. The number of aromatic amines is 1. The maximum Gasteiger partial charge on any atom is 0.242 e. The molecule has 11 nitrogen and oxygen atoms in total. The summed E-state index contributed by atoms with van der Waals surface area (Å²) in [5.41, 5.74) is 12.8. The molecule has 11 heteroatoms. The van der Waals surface area contributed by atoms with E-state index in [1.165, 1.54) is 18.7 Å². The highest BCUT2D eigenvalue weighted by atomic mass is 16.3. The van der Waals surface area contributed by atoms with E-state index in [0.717, 1.165) is 16.5 Å². The van der Waals surface area contributed by atoms with Crippen LogP contribution in [0.25, 0.3) is 10.9 Å². The van der Waals surface area contributed by atoms with Crippen LogP contribution < -0.4 is 16.8 Å². The molecule has 8 N–H and O–H groups in total. The van der Waals surface area contributed by atoms with Gasteiger partial charge >= 0.3 is 0 Å². The van der Waals surface area contributed by atoms with Gasteiger partial charge in [0.25, 0.3) is 0 Å². The van der Waals surface area contributed by atoms with Gasteiger partial charge in [0.2, 0.25) is 17.7 Å². The molecule has 1 aliphatic rings. The standard InChI is InChI=1S/C25H35N5O6/c1-13(31)21(26)25(36)30-9-5-8-19(30)20(33)11-15(24(35)29-22(14(2)32)23(27)34)10-16-12-28-18-7-4-3-6-17(16)18/h3-4,6-7,12-15,19,21-22,28,31-32H,5,8-11,26H2,1-2H3,(H2,27,34)(H,29,35)/t13-,14-,15-,19+,21+,22+/m1/s1. The number of carbonyl (C=O) groups is 4. The first kappa shape index (κ1) is 27.3. The predicted octanol–water partition coefficient (Wildman–Crippen LogP) is -0.664. The summed E-state index contributed by atoms with van der Waals surface area (Å²) in [6.45, 7) is 3.08. The molecule has 1 saturated heterocycles. The zero-order valence-corrected chi connectivity index (χ0v) is 20.5. The molecule has 0 saturated carbocycles. The quantitative estimate of drug-likeness (QED) is 0.235. The van der Waals surface area contributed by atoms with Crippen LogP contribution in [0.2, 0.25) is 0 Å². The number of para-hydroxylation sites is 1. The summed E-state index contributed by atoms with van der Waals surface area (Å²) < 4.78 is 0. The Morgan fingerprint density at radius 3 is 2.50 bits per heavy atom. The van der Waals surface area contributed by atoms with Gasteiger partial charge < -0.3 is 36.9 Å². The Morgan fingerprint density at radius 2 is 1.86 bits per heavy atom. The van der Waals surface area contributed by atoms with Crippen LogP contribution in [0, 0.1) is 5.92 Å². The molecule has 6 atom stereocenters. The summed E-state index contributed by atoms with van der Waals surface area (Å²) in [5, 5.41) is 23.0. The summed E-state index contributed by atoms with van der Waals surface area (Å²) in [4.78, 5) is 55.7. The summed E-state index contributed by atoms with van der Waals surface area (Å²) >= 11 is 0. The number of carbonyl (C=O) groups excluding carboxylic acids is 4. The second-order valence-corrected chi connectivity index (χ2v) is 9.52. The molecule has 36 heavy (non-hydrogen) atoms. The molecule has 3 amide bonds. The average molecular weight is 502 g/mol. The Balaban J connectivity index is 1.84. The number of aliphatic hydroxyl groups excluding tert-OH is 2. The average Bonchev–Trinajstić information content (AvgIpc) is 3.48. The van der Waals surface area contributed by atoms with Crippen molar-refractivity contribution in [3.05, 3.63) is 36.0 Å². The summed E-state index contributed by atoms with van der Waals surface area (Å²) in [6.07, 6.45) is 0.482. The Bertz CT molecular complexity index is 1110. The first-order valence-electron chi connectivity index (χ1n) is 12.1. The number of amides is 3. The van der Waals surface area contributed by atoms with Crippen LogP contribution in [-0.4, -0.2) is 80.5 Å². The number of aromatic nitrogens is 1. The molecule has 1 aliphatic heterocycles. The monoisotopic (exact) mass is 501 g/mol. The van der Waals surface area contributed by atoms with Gasteiger partial charge in [0.1, 0.15) is 12.1 Å². The maximum atomic E-state index is 13.4. The van der Waals surface area contributed by atoms with Crippen molar-refractivity contribution in [2.75, 3.05) is 6.54 Å². The molecule has 0 aliphatic carbocycles. The highest BCUT2D eigenvalue weighted by molar-refractivity contribution is 5.95. The SMILES string of the molecule is C[C@@H](O)[C@H](N)C(=O)N1CCC[C@H]1C(=O)C[C@@H](Cc1c[nH]c2ccccc12)C(=O)N[C@H](C(N)=O)[C@@H](C)O. The van der Waals surface area contributed by atoms with E-state index in [4.69, 9.17) is 11.5 Å². The minimum atomic E-state index is -1.31. The normalized spacial score (nSPS) is 19.9. The fraction of sp³-hybridized carbons (Fsp3) is 0.520. The van der Waals surface area contributed by atoms with Crippen LogP contribution in [0.3, 0.4) is 0 Å². The minimum Gasteiger partial charge on any atom is -0.391 e. The van der Waals surface area contributed by atoms with Crippen molar-refractivity contribution in [3.63, 3.8) is 0 Å². The summed E-state index contributed by atoms with van der Waals surface area (Å²) in [5.74, 6) is -3.21. The van der Waals surface area contributed by atoms with Gasteiger partial charge in [-0.15, -0.1) is 0 Å². The number of ketones is 1. The lowest BCUT2D eigenvalue weighted by Crippen LogP contribution is -2.54. The van der Waals surface area contributed by atoms with Gasteiger partial charge in [-0.05, 0) is 44.7 Å². The number of fused-ring (bicyclic) bond motifs is 1. The number of benzene rings is 1. The third-order valence-corrected chi connectivity index (χ3v) is 6.76. The van der Waals surface area contributed by atoms with Crippen LogP contribution in [-0.2, 0) is 25.6 Å². The number of aliphatic hydroxyl groups is 2. The van der Waals surface area contributed by atoms with Crippen molar-refractivity contribution in [3.8, 4) is 0 Å². The molecule has 2 aromatic rings. The van der Waals surface area contributed by atoms with E-state index >= 15 is 0 Å². The Morgan fingerprint density at radius 1 is 1.17 bits per heavy atom. The molecule has 0 bridgehead atoms. The molecule has 0 spiro atoms. The number of rotatable bonds is 11. The highest BCUT2D eigenvalue weighted by Crippen LogP contribution is 2.26. The molecule has 196 valence electrons. The molecule has 1 fully saturated rings. The number of nitrogens with zero attached hydrogens (tertiary/aromatic N) is 1. The summed E-state index contributed by atoms with van der Waals surface area (Å²) in [6, 6.07) is 4.31. The summed E-state index contributed by atoms with van der Waals surface area (Å²) in [7, 11) is 0. The third kappa shape index (κ3) is 6.10. The lowest BCUT2D eigenvalue weighted by Gasteiger charge is -2.29. The van der Waals surface area contributed by atoms with Crippen LogP contribution in [0.15, 0.2) is 30.5 Å². The van der Waals surface area contributed by atoms with Crippen molar-refractivity contribution in [1.82, 2.24) is 15.2 Å². The molecule has 2 heterocycles. The molecular formula is C25H35N5O6. The second kappa shape index (κ2) is 11.6. The van der Waals surface area contributed by atoms with Crippen LogP contribution >= 0.6 is 0 Å². The molecule has 0 unspecified atom stereocenters. The fourth-order valence-electron chi connectivity index (χ4n) is 4.67. The minimum absolute atomic E-state index is 0.181. The van der Waals surface area contributed by atoms with E-state index in [-0.39, 0.29) is 18.6 Å². The third-order valence-electron chi connectivity index (χ3n) is 6.76. The van der Waals surface area contributed by atoms with Crippen LogP contribution in [0.1, 0.15) is 38.7 Å². The van der Waals surface area contributed by atoms with Crippen LogP contribution in [0.4, 0.5) is 0 Å². The van der Waals surface area contributed by atoms with E-state index in [2.05, 4.69) is 10.3 Å².